The molecule has 0 unspecified atom stereocenters. The number of amides is 1. The van der Waals surface area contributed by atoms with Crippen LogP contribution in [-0.2, 0) is 4.79 Å². The Morgan fingerprint density at radius 3 is 3.25 bits per heavy atom. The highest BCUT2D eigenvalue weighted by Crippen LogP contribution is 2.10. The fourth-order valence-corrected chi connectivity index (χ4v) is 1.17. The standard InChI is InChI=1S/C7H9N3O2/c11-6-5-10(3-1-8-6)7-9-2-4-12-7/h2,4H,1,3,5H2,(H,8,11). The second-order valence-electron chi connectivity index (χ2n) is 2.59. The van der Waals surface area contributed by atoms with Crippen LogP contribution in [-0.4, -0.2) is 30.5 Å². The molecule has 0 aliphatic carbocycles. The third-order valence-corrected chi connectivity index (χ3v) is 1.73. The second kappa shape index (κ2) is 2.84. The van der Waals surface area contributed by atoms with Crippen LogP contribution in [0.3, 0.4) is 0 Å². The summed E-state index contributed by atoms with van der Waals surface area (Å²) in [5.74, 6) is 0.0134. The molecule has 2 heterocycles. The summed E-state index contributed by atoms with van der Waals surface area (Å²) >= 11 is 0. The van der Waals surface area contributed by atoms with Gasteiger partial charge in [-0.2, -0.15) is 0 Å². The van der Waals surface area contributed by atoms with Crippen molar-refractivity contribution in [3.8, 4) is 0 Å². The number of nitrogens with one attached hydrogen (secondary N) is 1. The van der Waals surface area contributed by atoms with Crippen LogP contribution in [0.2, 0.25) is 0 Å². The average Bonchev–Trinajstić information content (AvgIpc) is 2.56. The monoisotopic (exact) mass is 167 g/mol. The first kappa shape index (κ1) is 7.15. The molecule has 1 fully saturated rings. The lowest BCUT2D eigenvalue weighted by Crippen LogP contribution is -2.47. The van der Waals surface area contributed by atoms with Gasteiger partial charge in [0.25, 0.3) is 6.01 Å². The molecule has 1 aliphatic heterocycles. The zero-order valence-electron chi connectivity index (χ0n) is 6.49. The molecule has 1 aliphatic rings. The van der Waals surface area contributed by atoms with E-state index in [2.05, 4.69) is 10.3 Å². The first-order valence-electron chi connectivity index (χ1n) is 3.77. The molecule has 0 radical (unpaired) electrons. The van der Waals surface area contributed by atoms with Crippen LogP contribution >= 0.6 is 0 Å². The van der Waals surface area contributed by atoms with E-state index in [1.54, 1.807) is 11.1 Å². The molecule has 64 valence electrons. The van der Waals surface area contributed by atoms with Gasteiger partial charge in [-0.15, -0.1) is 0 Å². The summed E-state index contributed by atoms with van der Waals surface area (Å²) in [6.07, 6.45) is 3.07. The smallest absolute Gasteiger partial charge is 0.297 e. The van der Waals surface area contributed by atoms with E-state index in [1.807, 2.05) is 0 Å². The van der Waals surface area contributed by atoms with Crippen molar-refractivity contribution < 1.29 is 9.21 Å². The first-order chi connectivity index (χ1) is 5.86. The minimum Gasteiger partial charge on any atom is -0.432 e. The number of hydrogen-bond donors (Lipinski definition) is 1. The molecule has 0 bridgehead atoms. The Labute approximate surface area is 69.4 Å². The van der Waals surface area contributed by atoms with Crippen molar-refractivity contribution in [3.63, 3.8) is 0 Å². The zero-order chi connectivity index (χ0) is 8.39. The van der Waals surface area contributed by atoms with Gasteiger partial charge in [-0.1, -0.05) is 0 Å². The van der Waals surface area contributed by atoms with Gasteiger partial charge in [0.2, 0.25) is 5.91 Å². The van der Waals surface area contributed by atoms with E-state index in [0.717, 1.165) is 6.54 Å². The molecule has 1 N–H and O–H groups in total. The maximum atomic E-state index is 10.9. The lowest BCUT2D eigenvalue weighted by molar-refractivity contribution is -0.120. The van der Waals surface area contributed by atoms with E-state index >= 15 is 0 Å². The molecule has 1 amide bonds. The Bertz CT molecular complexity index is 270. The largest absolute Gasteiger partial charge is 0.432 e. The zero-order valence-corrected chi connectivity index (χ0v) is 6.49. The Hall–Kier alpha value is -1.52. The molecule has 0 spiro atoms. The van der Waals surface area contributed by atoms with Crippen molar-refractivity contribution >= 4 is 11.9 Å². The van der Waals surface area contributed by atoms with E-state index in [0.29, 0.717) is 19.1 Å². The van der Waals surface area contributed by atoms with Crippen molar-refractivity contribution in [2.24, 2.45) is 0 Å². The highest BCUT2D eigenvalue weighted by atomic mass is 16.4. The van der Waals surface area contributed by atoms with Gasteiger partial charge in [0.15, 0.2) is 0 Å². The SMILES string of the molecule is O=C1CN(c2ncco2)CCN1. The quantitative estimate of drug-likeness (QED) is 0.619. The maximum Gasteiger partial charge on any atom is 0.297 e. The fraction of sp³-hybridized carbons (Fsp3) is 0.429. The van der Waals surface area contributed by atoms with Crippen LogP contribution in [0.1, 0.15) is 0 Å². The number of hydrogen-bond acceptors (Lipinski definition) is 4. The van der Waals surface area contributed by atoms with Crippen LogP contribution in [0, 0.1) is 0 Å². The molecule has 1 aromatic heterocycles. The summed E-state index contributed by atoms with van der Waals surface area (Å²) in [4.78, 5) is 16.7. The summed E-state index contributed by atoms with van der Waals surface area (Å²) in [5.41, 5.74) is 0. The van der Waals surface area contributed by atoms with E-state index in [4.69, 9.17) is 4.42 Å². The number of aromatic nitrogens is 1. The van der Waals surface area contributed by atoms with E-state index in [-0.39, 0.29) is 5.91 Å². The molecule has 0 atom stereocenters. The van der Waals surface area contributed by atoms with Crippen molar-refractivity contribution in [1.29, 1.82) is 0 Å². The highest BCUT2D eigenvalue weighted by Gasteiger charge is 2.18. The Kier molecular flexibility index (Phi) is 1.69. The van der Waals surface area contributed by atoms with Crippen molar-refractivity contribution in [2.45, 2.75) is 0 Å². The van der Waals surface area contributed by atoms with Gasteiger partial charge in [-0.25, -0.2) is 4.98 Å². The third kappa shape index (κ3) is 1.25. The van der Waals surface area contributed by atoms with E-state index in [1.165, 1.54) is 6.26 Å². The van der Waals surface area contributed by atoms with E-state index in [9.17, 15) is 4.79 Å². The molecule has 1 aromatic rings. The summed E-state index contributed by atoms with van der Waals surface area (Å²) < 4.78 is 5.06. The summed E-state index contributed by atoms with van der Waals surface area (Å²) in [6, 6.07) is 0.518. The van der Waals surface area contributed by atoms with Crippen LogP contribution in [0.25, 0.3) is 0 Å². The van der Waals surface area contributed by atoms with Gasteiger partial charge in [0.1, 0.15) is 12.8 Å². The number of piperazine rings is 1. The van der Waals surface area contributed by atoms with Gasteiger partial charge in [-0.3, -0.25) is 4.79 Å². The van der Waals surface area contributed by atoms with Gasteiger partial charge in [-0.05, 0) is 0 Å². The minimum atomic E-state index is 0.0134. The van der Waals surface area contributed by atoms with Gasteiger partial charge in [0, 0.05) is 13.1 Å². The van der Waals surface area contributed by atoms with Crippen molar-refractivity contribution in [3.05, 3.63) is 12.5 Å². The molecule has 2 rings (SSSR count). The first-order valence-corrected chi connectivity index (χ1v) is 3.77. The van der Waals surface area contributed by atoms with Crippen LogP contribution in [0.5, 0.6) is 0 Å². The number of oxazole rings is 1. The second-order valence-corrected chi connectivity index (χ2v) is 2.59. The van der Waals surface area contributed by atoms with E-state index < -0.39 is 0 Å². The number of nitrogens with zero attached hydrogens (tertiary/aromatic N) is 2. The average molecular weight is 167 g/mol. The van der Waals surface area contributed by atoms with Gasteiger partial charge in [0.05, 0.1) is 6.20 Å². The number of carbonyl (C=O) groups excluding carboxylic acids is 1. The molecule has 0 aromatic carbocycles. The predicted molar refractivity (Wildman–Crippen MR) is 41.7 cm³/mol. The van der Waals surface area contributed by atoms with Gasteiger partial charge < -0.3 is 14.6 Å². The molecule has 1 saturated heterocycles. The maximum absolute atomic E-state index is 10.9. The molecular formula is C7H9N3O2. The van der Waals surface area contributed by atoms with Crippen molar-refractivity contribution in [2.75, 3.05) is 24.5 Å². The molecule has 5 heteroatoms. The lowest BCUT2D eigenvalue weighted by Gasteiger charge is -2.24. The van der Waals surface area contributed by atoms with Crippen LogP contribution < -0.4 is 10.2 Å². The van der Waals surface area contributed by atoms with Crippen molar-refractivity contribution in [1.82, 2.24) is 10.3 Å². The molecular weight excluding hydrogens is 158 g/mol. The summed E-state index contributed by atoms with van der Waals surface area (Å²) in [7, 11) is 0. The minimum absolute atomic E-state index is 0.0134. The van der Waals surface area contributed by atoms with Gasteiger partial charge >= 0.3 is 0 Å². The highest BCUT2D eigenvalue weighted by molar-refractivity contribution is 5.81. The number of anilines is 1. The van der Waals surface area contributed by atoms with Crippen LogP contribution in [0.4, 0.5) is 6.01 Å². The Morgan fingerprint density at radius 1 is 1.67 bits per heavy atom. The molecule has 0 saturated carbocycles. The topological polar surface area (TPSA) is 58.4 Å². The molecule has 5 nitrogen and oxygen atoms in total. The normalized spacial score (nSPS) is 17.7. The Morgan fingerprint density at radius 2 is 2.58 bits per heavy atom. The predicted octanol–water partition coefficient (Wildman–Crippen LogP) is -0.389. The number of carbonyl (C=O) groups is 1. The summed E-state index contributed by atoms with van der Waals surface area (Å²) in [5, 5.41) is 2.72. The Balaban J connectivity index is 2.09. The third-order valence-electron chi connectivity index (χ3n) is 1.73. The fourth-order valence-electron chi connectivity index (χ4n) is 1.17. The number of rotatable bonds is 1. The lowest BCUT2D eigenvalue weighted by atomic mass is 10.4. The molecule has 12 heavy (non-hydrogen) atoms. The van der Waals surface area contributed by atoms with Crippen LogP contribution in [0.15, 0.2) is 16.9 Å². The summed E-state index contributed by atoms with van der Waals surface area (Å²) in [6.45, 7) is 1.74.